The lowest BCUT2D eigenvalue weighted by Crippen LogP contribution is -2.48. The van der Waals surface area contributed by atoms with E-state index in [1.807, 2.05) is 12.1 Å². The smallest absolute Gasteiger partial charge is 0.325 e. The number of imide groups is 1. The lowest BCUT2D eigenvalue weighted by Gasteiger charge is -2.36. The summed E-state index contributed by atoms with van der Waals surface area (Å²) in [5, 5.41) is 2.42. The van der Waals surface area contributed by atoms with Crippen LogP contribution in [0, 0.1) is 0 Å². The lowest BCUT2D eigenvalue weighted by atomic mass is 9.94. The van der Waals surface area contributed by atoms with Crippen molar-refractivity contribution in [2.24, 2.45) is 0 Å². The number of likely N-dealkylation sites (N-methyl/N-ethyl adjacent to an activating group) is 2. The van der Waals surface area contributed by atoms with Gasteiger partial charge in [0.2, 0.25) is 5.91 Å². The molecule has 4 amide bonds. The lowest BCUT2D eigenvalue weighted by molar-refractivity contribution is -0.136. The van der Waals surface area contributed by atoms with Crippen LogP contribution in [0.4, 0.5) is 4.79 Å². The van der Waals surface area contributed by atoms with Gasteiger partial charge in [0.15, 0.2) is 0 Å². The van der Waals surface area contributed by atoms with Crippen LogP contribution in [0.25, 0.3) is 0 Å². The van der Waals surface area contributed by atoms with Crippen LogP contribution < -0.4 is 5.32 Å². The molecule has 1 fully saturated rings. The molecule has 0 bridgehead atoms. The molecule has 24 heavy (non-hydrogen) atoms. The molecule has 0 aromatic heterocycles. The highest BCUT2D eigenvalue weighted by molar-refractivity contribution is 6.04. The Labute approximate surface area is 141 Å². The highest BCUT2D eigenvalue weighted by Crippen LogP contribution is 2.22. The second-order valence-electron chi connectivity index (χ2n) is 6.45. The van der Waals surface area contributed by atoms with Crippen molar-refractivity contribution in [3.05, 3.63) is 35.4 Å². The summed E-state index contributed by atoms with van der Waals surface area (Å²) >= 11 is 0. The summed E-state index contributed by atoms with van der Waals surface area (Å²) in [4.78, 5) is 40.3. The molecule has 7 heteroatoms. The molecule has 2 aliphatic heterocycles. The number of carbonyl (C=O) groups excluding carboxylic acids is 3. The molecule has 1 aromatic rings. The van der Waals surface area contributed by atoms with E-state index in [0.717, 1.165) is 17.9 Å². The van der Waals surface area contributed by atoms with Crippen LogP contribution in [0.3, 0.4) is 0 Å². The minimum absolute atomic E-state index is 0.0298. The molecule has 1 aromatic carbocycles. The zero-order chi connectivity index (χ0) is 17.3. The van der Waals surface area contributed by atoms with E-state index >= 15 is 0 Å². The molecule has 1 N–H and O–H groups in total. The quantitative estimate of drug-likeness (QED) is 0.792. The van der Waals surface area contributed by atoms with Crippen molar-refractivity contribution in [3.8, 4) is 0 Å². The summed E-state index contributed by atoms with van der Waals surface area (Å²) < 4.78 is 0. The summed E-state index contributed by atoms with van der Waals surface area (Å²) in [6.07, 6.45) is 0.882. The van der Waals surface area contributed by atoms with Crippen molar-refractivity contribution < 1.29 is 14.4 Å². The van der Waals surface area contributed by atoms with Crippen LogP contribution in [0.15, 0.2) is 24.3 Å². The topological polar surface area (TPSA) is 73.0 Å². The molecule has 0 saturated carbocycles. The van der Waals surface area contributed by atoms with E-state index in [1.165, 1.54) is 11.1 Å². The molecule has 2 heterocycles. The van der Waals surface area contributed by atoms with Gasteiger partial charge in [-0.3, -0.25) is 19.4 Å². The van der Waals surface area contributed by atoms with Crippen LogP contribution in [0.5, 0.6) is 0 Å². The zero-order valence-electron chi connectivity index (χ0n) is 14.0. The number of benzene rings is 1. The van der Waals surface area contributed by atoms with Gasteiger partial charge in [0, 0.05) is 26.2 Å². The molecule has 2 aliphatic rings. The fourth-order valence-electron chi connectivity index (χ4n) is 3.21. The van der Waals surface area contributed by atoms with Crippen LogP contribution in [0.1, 0.15) is 11.1 Å². The van der Waals surface area contributed by atoms with E-state index in [9.17, 15) is 14.4 Å². The molecule has 0 spiro atoms. The fourth-order valence-corrected chi connectivity index (χ4v) is 3.21. The molecule has 0 unspecified atom stereocenters. The predicted molar refractivity (Wildman–Crippen MR) is 88.1 cm³/mol. The molecular weight excluding hydrogens is 308 g/mol. The second kappa shape index (κ2) is 6.60. The van der Waals surface area contributed by atoms with Crippen molar-refractivity contribution in [1.29, 1.82) is 0 Å². The van der Waals surface area contributed by atoms with Gasteiger partial charge in [-0.25, -0.2) is 4.79 Å². The second-order valence-corrected chi connectivity index (χ2v) is 6.45. The maximum Gasteiger partial charge on any atom is 0.325 e. The average Bonchev–Trinajstić information content (AvgIpc) is 2.87. The van der Waals surface area contributed by atoms with Gasteiger partial charge in [-0.05, 0) is 24.6 Å². The fraction of sp³-hybridized carbons (Fsp3) is 0.471. The number of nitrogens with one attached hydrogen (secondary N) is 1. The van der Waals surface area contributed by atoms with Gasteiger partial charge in [-0.2, -0.15) is 0 Å². The molecule has 7 nitrogen and oxygen atoms in total. The SMILES string of the molecule is CN(C[C@@H]1Cc2ccccc2CN1C)C(=O)CN1C(=O)CNC1=O. The minimum Gasteiger partial charge on any atom is -0.343 e. The number of amides is 4. The largest absolute Gasteiger partial charge is 0.343 e. The summed E-state index contributed by atoms with van der Waals surface area (Å²) in [7, 11) is 3.77. The van der Waals surface area contributed by atoms with Gasteiger partial charge in [-0.1, -0.05) is 24.3 Å². The Hall–Kier alpha value is -2.41. The van der Waals surface area contributed by atoms with Gasteiger partial charge >= 0.3 is 6.03 Å². The Kier molecular flexibility index (Phi) is 4.53. The van der Waals surface area contributed by atoms with Crippen LogP contribution >= 0.6 is 0 Å². The first-order chi connectivity index (χ1) is 11.5. The molecule has 0 radical (unpaired) electrons. The maximum absolute atomic E-state index is 12.3. The third-order valence-electron chi connectivity index (χ3n) is 4.76. The summed E-state index contributed by atoms with van der Waals surface area (Å²) in [5.74, 6) is -0.585. The van der Waals surface area contributed by atoms with Gasteiger partial charge in [0.05, 0.1) is 6.54 Å². The Morgan fingerprint density at radius 3 is 2.67 bits per heavy atom. The predicted octanol–water partition coefficient (Wildman–Crippen LogP) is 0.0533. The first-order valence-corrected chi connectivity index (χ1v) is 8.05. The van der Waals surface area contributed by atoms with Gasteiger partial charge < -0.3 is 10.2 Å². The highest BCUT2D eigenvalue weighted by Gasteiger charge is 2.32. The van der Waals surface area contributed by atoms with Gasteiger partial charge in [0.1, 0.15) is 6.54 Å². The Morgan fingerprint density at radius 1 is 1.29 bits per heavy atom. The average molecular weight is 330 g/mol. The first kappa shape index (κ1) is 16.4. The molecule has 1 atom stereocenters. The Morgan fingerprint density at radius 2 is 2.00 bits per heavy atom. The van der Waals surface area contributed by atoms with E-state index in [1.54, 1.807) is 11.9 Å². The minimum atomic E-state index is -0.495. The summed E-state index contributed by atoms with van der Waals surface area (Å²) in [5.41, 5.74) is 2.64. The highest BCUT2D eigenvalue weighted by atomic mass is 16.2. The van der Waals surface area contributed by atoms with E-state index in [4.69, 9.17) is 0 Å². The number of hydrogen-bond donors (Lipinski definition) is 1. The molecule has 3 rings (SSSR count). The summed E-state index contributed by atoms with van der Waals surface area (Å²) in [6.45, 7) is 1.19. The van der Waals surface area contributed by atoms with E-state index in [-0.39, 0.29) is 30.9 Å². The van der Waals surface area contributed by atoms with E-state index < -0.39 is 6.03 Å². The van der Waals surface area contributed by atoms with Crippen molar-refractivity contribution in [3.63, 3.8) is 0 Å². The molecule has 0 aliphatic carbocycles. The van der Waals surface area contributed by atoms with Crippen LogP contribution in [-0.4, -0.2) is 72.3 Å². The third-order valence-corrected chi connectivity index (χ3v) is 4.76. The number of rotatable bonds is 4. The van der Waals surface area contributed by atoms with Gasteiger partial charge in [-0.15, -0.1) is 0 Å². The maximum atomic E-state index is 12.3. The van der Waals surface area contributed by atoms with Crippen LogP contribution in [0.2, 0.25) is 0 Å². The number of nitrogens with zero attached hydrogens (tertiary/aromatic N) is 3. The third kappa shape index (κ3) is 3.26. The zero-order valence-corrected chi connectivity index (χ0v) is 14.0. The van der Waals surface area contributed by atoms with E-state index in [2.05, 4.69) is 29.4 Å². The van der Waals surface area contributed by atoms with Crippen molar-refractivity contribution in [1.82, 2.24) is 20.0 Å². The summed E-state index contributed by atoms with van der Waals surface area (Å²) in [6, 6.07) is 8.07. The Balaban J connectivity index is 1.60. The number of carbonyl (C=O) groups is 3. The first-order valence-electron chi connectivity index (χ1n) is 8.05. The van der Waals surface area contributed by atoms with Crippen molar-refractivity contribution >= 4 is 17.8 Å². The standard InChI is InChI=1S/C17H22N4O3/c1-19-9-13-6-4-3-5-12(13)7-14(19)10-20(2)16(23)11-21-15(22)8-18-17(21)24/h3-6,14H,7-11H2,1-2H3,(H,18,24)/t14-/m0/s1. The number of fused-ring (bicyclic) bond motifs is 1. The number of urea groups is 1. The normalized spacial score (nSPS) is 20.8. The Bertz CT molecular complexity index is 660. The van der Waals surface area contributed by atoms with E-state index in [0.29, 0.717) is 6.54 Å². The monoisotopic (exact) mass is 330 g/mol. The van der Waals surface area contributed by atoms with Crippen LogP contribution in [-0.2, 0) is 22.6 Å². The number of hydrogen-bond acceptors (Lipinski definition) is 4. The van der Waals surface area contributed by atoms with Crippen molar-refractivity contribution in [2.75, 3.05) is 33.7 Å². The van der Waals surface area contributed by atoms with Gasteiger partial charge in [0.25, 0.3) is 5.91 Å². The molecule has 1 saturated heterocycles. The molecular formula is C17H22N4O3. The van der Waals surface area contributed by atoms with Crippen molar-refractivity contribution in [2.45, 2.75) is 19.0 Å². The molecule has 128 valence electrons.